The molecule has 1 aliphatic carbocycles. The first-order valence-corrected chi connectivity index (χ1v) is 8.75. The number of nitrogens with zero attached hydrogens (tertiary/aromatic N) is 3. The molecule has 1 aromatic heterocycles. The second-order valence-electron chi connectivity index (χ2n) is 7.10. The summed E-state index contributed by atoms with van der Waals surface area (Å²) in [6.45, 7) is 3.17. The smallest absolute Gasteiger partial charge is 0.222 e. The van der Waals surface area contributed by atoms with Crippen molar-refractivity contribution in [2.75, 3.05) is 25.0 Å². The molecule has 0 amide bonds. The van der Waals surface area contributed by atoms with E-state index >= 15 is 0 Å². The summed E-state index contributed by atoms with van der Waals surface area (Å²) < 4.78 is 6.26. The molecule has 2 aliphatic heterocycles. The van der Waals surface area contributed by atoms with Crippen LogP contribution in [0.3, 0.4) is 0 Å². The van der Waals surface area contributed by atoms with Crippen LogP contribution in [-0.4, -0.2) is 52.2 Å². The highest BCUT2D eigenvalue weighted by Gasteiger charge is 2.45. The van der Waals surface area contributed by atoms with Crippen LogP contribution in [0.15, 0.2) is 18.5 Å². The van der Waals surface area contributed by atoms with Gasteiger partial charge in [-0.25, -0.2) is 9.97 Å². The molecule has 0 aromatic carbocycles. The van der Waals surface area contributed by atoms with E-state index in [0.29, 0.717) is 6.04 Å². The molecule has 0 unspecified atom stereocenters. The average Bonchev–Trinajstić information content (AvgIpc) is 3.19. The van der Waals surface area contributed by atoms with Gasteiger partial charge in [-0.1, -0.05) is 12.8 Å². The van der Waals surface area contributed by atoms with E-state index in [9.17, 15) is 0 Å². The highest BCUT2D eigenvalue weighted by molar-refractivity contribution is 5.25. The molecule has 22 heavy (non-hydrogen) atoms. The Kier molecular flexibility index (Phi) is 4.01. The lowest BCUT2D eigenvalue weighted by Gasteiger charge is -2.39. The molecule has 1 saturated carbocycles. The van der Waals surface area contributed by atoms with E-state index < -0.39 is 0 Å². The van der Waals surface area contributed by atoms with Crippen molar-refractivity contribution in [1.29, 1.82) is 0 Å². The second-order valence-corrected chi connectivity index (χ2v) is 7.10. The molecule has 3 fully saturated rings. The third-order valence-corrected chi connectivity index (χ3v) is 5.58. The van der Waals surface area contributed by atoms with E-state index in [2.05, 4.69) is 20.2 Å². The molecule has 1 aromatic rings. The molecule has 1 N–H and O–H groups in total. The molecule has 5 heteroatoms. The lowest BCUT2D eigenvalue weighted by atomic mass is 9.89. The van der Waals surface area contributed by atoms with Crippen molar-refractivity contribution in [2.45, 2.75) is 62.6 Å². The number of rotatable bonds is 3. The minimum absolute atomic E-state index is 0.0628. The Labute approximate surface area is 132 Å². The number of nitrogens with one attached hydrogen (secondary N) is 1. The fourth-order valence-electron chi connectivity index (χ4n) is 4.45. The molecular formula is C17H26N4O. The fraction of sp³-hybridized carbons (Fsp3) is 0.765. The maximum Gasteiger partial charge on any atom is 0.222 e. The molecule has 2 saturated heterocycles. The minimum atomic E-state index is 0.0628. The molecule has 4 rings (SSSR count). The van der Waals surface area contributed by atoms with E-state index in [4.69, 9.17) is 4.74 Å². The third-order valence-electron chi connectivity index (χ3n) is 5.58. The molecule has 5 nitrogen and oxygen atoms in total. The standard InChI is InChI=1S/C17H26N4O/c1-2-5-15(4-1)21-10-7-17(13-21)12-14(6-11-22-17)20-16-18-8-3-9-19-16/h3,8-9,14-15H,1-2,4-7,10-13H2,(H,18,19,20)/t14-,17-/m1/s1. The van der Waals surface area contributed by atoms with Crippen LogP contribution in [0.4, 0.5) is 5.95 Å². The van der Waals surface area contributed by atoms with Crippen molar-refractivity contribution < 1.29 is 4.74 Å². The van der Waals surface area contributed by atoms with Crippen molar-refractivity contribution >= 4 is 5.95 Å². The molecular weight excluding hydrogens is 276 g/mol. The van der Waals surface area contributed by atoms with Crippen LogP contribution in [0.1, 0.15) is 44.9 Å². The predicted octanol–water partition coefficient (Wildman–Crippen LogP) is 2.45. The summed E-state index contributed by atoms with van der Waals surface area (Å²) in [6, 6.07) is 3.10. The van der Waals surface area contributed by atoms with Crippen molar-refractivity contribution in [2.24, 2.45) is 0 Å². The number of ether oxygens (including phenoxy) is 1. The molecule has 0 radical (unpaired) electrons. The zero-order chi connectivity index (χ0) is 14.8. The Balaban J connectivity index is 1.38. The SMILES string of the molecule is c1cnc(N[C@@H]2CCO[C@]3(CCN(C4CCCC4)C3)C2)nc1. The Hall–Kier alpha value is -1.20. The maximum absolute atomic E-state index is 6.26. The Morgan fingerprint density at radius 1 is 1.18 bits per heavy atom. The average molecular weight is 302 g/mol. The maximum atomic E-state index is 6.26. The van der Waals surface area contributed by atoms with Gasteiger partial charge in [-0.15, -0.1) is 0 Å². The first-order chi connectivity index (χ1) is 10.8. The second kappa shape index (κ2) is 6.13. The summed E-state index contributed by atoms with van der Waals surface area (Å²) in [6.07, 6.45) is 12.5. The summed E-state index contributed by atoms with van der Waals surface area (Å²) in [5.41, 5.74) is 0.0628. The largest absolute Gasteiger partial charge is 0.373 e. The Morgan fingerprint density at radius 2 is 2.00 bits per heavy atom. The van der Waals surface area contributed by atoms with Crippen LogP contribution < -0.4 is 5.32 Å². The number of hydrogen-bond donors (Lipinski definition) is 1. The fourth-order valence-corrected chi connectivity index (χ4v) is 4.45. The van der Waals surface area contributed by atoms with E-state index in [1.54, 1.807) is 12.4 Å². The van der Waals surface area contributed by atoms with E-state index in [-0.39, 0.29) is 5.60 Å². The number of likely N-dealkylation sites (tertiary alicyclic amines) is 1. The molecule has 0 bridgehead atoms. The van der Waals surface area contributed by atoms with Gasteiger partial charge in [-0.2, -0.15) is 0 Å². The number of hydrogen-bond acceptors (Lipinski definition) is 5. The number of aromatic nitrogens is 2. The van der Waals surface area contributed by atoms with Crippen LogP contribution in [0.2, 0.25) is 0 Å². The van der Waals surface area contributed by atoms with Crippen molar-refractivity contribution in [1.82, 2.24) is 14.9 Å². The van der Waals surface area contributed by atoms with Gasteiger partial charge in [0.2, 0.25) is 5.95 Å². The summed E-state index contributed by atoms with van der Waals surface area (Å²) in [5.74, 6) is 0.746. The van der Waals surface area contributed by atoms with Crippen LogP contribution in [0, 0.1) is 0 Å². The van der Waals surface area contributed by atoms with Gasteiger partial charge in [0.05, 0.1) is 5.60 Å². The summed E-state index contributed by atoms with van der Waals surface area (Å²) in [7, 11) is 0. The van der Waals surface area contributed by atoms with E-state index in [1.807, 2.05) is 6.07 Å². The lowest BCUT2D eigenvalue weighted by molar-refractivity contribution is -0.0751. The van der Waals surface area contributed by atoms with Gasteiger partial charge < -0.3 is 10.1 Å². The normalized spacial score (nSPS) is 33.5. The van der Waals surface area contributed by atoms with Crippen LogP contribution >= 0.6 is 0 Å². The Morgan fingerprint density at radius 3 is 2.82 bits per heavy atom. The summed E-state index contributed by atoms with van der Waals surface area (Å²) in [4.78, 5) is 11.3. The van der Waals surface area contributed by atoms with Gasteiger partial charge in [0, 0.05) is 44.2 Å². The molecule has 3 aliphatic rings. The van der Waals surface area contributed by atoms with Gasteiger partial charge in [0.25, 0.3) is 0 Å². The molecule has 3 heterocycles. The van der Waals surface area contributed by atoms with Gasteiger partial charge in [-0.05, 0) is 38.2 Å². The lowest BCUT2D eigenvalue weighted by Crippen LogP contribution is -2.47. The first kappa shape index (κ1) is 14.4. The molecule has 2 atom stereocenters. The minimum Gasteiger partial charge on any atom is -0.373 e. The zero-order valence-corrected chi connectivity index (χ0v) is 13.2. The summed E-state index contributed by atoms with van der Waals surface area (Å²) in [5, 5.41) is 3.50. The van der Waals surface area contributed by atoms with E-state index in [0.717, 1.165) is 38.0 Å². The monoisotopic (exact) mass is 302 g/mol. The molecule has 1 spiro atoms. The zero-order valence-electron chi connectivity index (χ0n) is 13.2. The Bertz CT molecular complexity index is 491. The van der Waals surface area contributed by atoms with Crippen molar-refractivity contribution in [3.8, 4) is 0 Å². The predicted molar refractivity (Wildman–Crippen MR) is 85.8 cm³/mol. The van der Waals surface area contributed by atoms with Gasteiger partial charge in [-0.3, -0.25) is 4.90 Å². The highest BCUT2D eigenvalue weighted by atomic mass is 16.5. The van der Waals surface area contributed by atoms with E-state index in [1.165, 1.54) is 38.6 Å². The summed E-state index contributed by atoms with van der Waals surface area (Å²) >= 11 is 0. The molecule has 120 valence electrons. The topological polar surface area (TPSA) is 50.3 Å². The number of anilines is 1. The first-order valence-electron chi connectivity index (χ1n) is 8.75. The van der Waals surface area contributed by atoms with Gasteiger partial charge in [0.15, 0.2) is 0 Å². The van der Waals surface area contributed by atoms with Crippen molar-refractivity contribution in [3.63, 3.8) is 0 Å². The van der Waals surface area contributed by atoms with Crippen LogP contribution in [-0.2, 0) is 4.74 Å². The van der Waals surface area contributed by atoms with Crippen LogP contribution in [0.25, 0.3) is 0 Å². The quantitative estimate of drug-likeness (QED) is 0.929. The highest BCUT2D eigenvalue weighted by Crippen LogP contribution is 2.38. The van der Waals surface area contributed by atoms with Crippen molar-refractivity contribution in [3.05, 3.63) is 18.5 Å². The van der Waals surface area contributed by atoms with Gasteiger partial charge in [0.1, 0.15) is 0 Å². The van der Waals surface area contributed by atoms with Gasteiger partial charge >= 0.3 is 0 Å². The third kappa shape index (κ3) is 2.97. The van der Waals surface area contributed by atoms with Crippen LogP contribution in [0.5, 0.6) is 0 Å².